The van der Waals surface area contributed by atoms with Crippen LogP contribution in [0.15, 0.2) is 55.6 Å². The second-order valence-electron chi connectivity index (χ2n) is 12.0. The van der Waals surface area contributed by atoms with Crippen LogP contribution in [0.1, 0.15) is 74.9 Å². The first kappa shape index (κ1) is 35.8. The van der Waals surface area contributed by atoms with Crippen LogP contribution in [0.25, 0.3) is 0 Å². The molecule has 0 radical (unpaired) electrons. The summed E-state index contributed by atoms with van der Waals surface area (Å²) in [5.41, 5.74) is -0.438. The van der Waals surface area contributed by atoms with Crippen LogP contribution in [0, 0.1) is 13.8 Å². The third kappa shape index (κ3) is 8.96. The molecule has 0 N–H and O–H groups in total. The standard InChI is InChI=1S/C33H47F3N5O4/c1-6-41(7-2,24-27-16-10-11-17-28(27)33(34,35)36)21-15-9-14-20-40-30(43)23-26(4)39(32(40)45)19-13-8-12-18-38-25(3)22-29(42)37(5)31(38)44/h10-11,16-17,22-23H,6-9,12-15,18-21,24H2,1-5H3/q+1. The van der Waals surface area contributed by atoms with Crippen LogP contribution >= 0.6 is 0 Å². The van der Waals surface area contributed by atoms with Crippen molar-refractivity contribution < 1.29 is 17.7 Å². The Morgan fingerprint density at radius 3 is 1.78 bits per heavy atom. The normalized spacial score (nSPS) is 12.2. The minimum Gasteiger partial charge on any atom is -0.320 e. The maximum Gasteiger partial charge on any atom is 0.416 e. The van der Waals surface area contributed by atoms with Gasteiger partial charge in [0, 0.05) is 55.8 Å². The maximum absolute atomic E-state index is 13.6. The molecule has 0 atom stereocenters. The molecule has 0 fully saturated rings. The summed E-state index contributed by atoms with van der Waals surface area (Å²) in [4.78, 5) is 50.1. The van der Waals surface area contributed by atoms with Crippen LogP contribution in [0.2, 0.25) is 0 Å². The van der Waals surface area contributed by atoms with Crippen LogP contribution < -0.4 is 22.5 Å². The fourth-order valence-electron chi connectivity index (χ4n) is 6.00. The Morgan fingerprint density at radius 2 is 1.20 bits per heavy atom. The van der Waals surface area contributed by atoms with E-state index >= 15 is 0 Å². The zero-order valence-corrected chi connectivity index (χ0v) is 27.2. The molecule has 2 heterocycles. The number of quaternary nitrogens is 1. The van der Waals surface area contributed by atoms with Gasteiger partial charge in [0.05, 0.1) is 25.2 Å². The molecule has 2 aromatic heterocycles. The number of rotatable bonds is 16. The Balaban J connectivity index is 1.56. The average Bonchev–Trinajstić information content (AvgIpc) is 2.99. The number of aryl methyl sites for hydroxylation is 2. The van der Waals surface area contributed by atoms with Gasteiger partial charge in [-0.25, -0.2) is 9.59 Å². The van der Waals surface area contributed by atoms with Crippen LogP contribution in [0.5, 0.6) is 0 Å². The van der Waals surface area contributed by atoms with Crippen LogP contribution in [-0.4, -0.2) is 42.4 Å². The van der Waals surface area contributed by atoms with Gasteiger partial charge in [0.1, 0.15) is 6.54 Å². The SMILES string of the molecule is CC[N+](CC)(CCCCCn1c(=O)cc(C)n(CCCCCn2c(C)cc(=O)n(C)c2=O)c1=O)Cc1ccccc1C(F)(F)F. The van der Waals surface area contributed by atoms with E-state index < -0.39 is 11.7 Å². The number of aromatic nitrogens is 4. The summed E-state index contributed by atoms with van der Waals surface area (Å²) >= 11 is 0. The molecule has 248 valence electrons. The highest BCUT2D eigenvalue weighted by molar-refractivity contribution is 5.29. The molecule has 3 aromatic rings. The molecule has 1 aromatic carbocycles. The summed E-state index contributed by atoms with van der Waals surface area (Å²) in [6, 6.07) is 8.68. The lowest BCUT2D eigenvalue weighted by Crippen LogP contribution is -2.48. The zero-order valence-electron chi connectivity index (χ0n) is 27.2. The molecule has 0 saturated carbocycles. The van der Waals surface area contributed by atoms with E-state index in [0.29, 0.717) is 80.0 Å². The van der Waals surface area contributed by atoms with E-state index in [1.165, 1.54) is 29.8 Å². The number of halogens is 3. The predicted octanol–water partition coefficient (Wildman–Crippen LogP) is 4.60. The summed E-state index contributed by atoms with van der Waals surface area (Å²) in [5.74, 6) is 0. The van der Waals surface area contributed by atoms with Crippen molar-refractivity contribution in [1.29, 1.82) is 0 Å². The zero-order chi connectivity index (χ0) is 33.4. The highest BCUT2D eigenvalue weighted by atomic mass is 19.4. The van der Waals surface area contributed by atoms with Crippen molar-refractivity contribution >= 4 is 0 Å². The Labute approximate surface area is 261 Å². The van der Waals surface area contributed by atoms with Crippen molar-refractivity contribution in [2.24, 2.45) is 7.05 Å². The van der Waals surface area contributed by atoms with Crippen molar-refractivity contribution in [3.8, 4) is 0 Å². The van der Waals surface area contributed by atoms with Gasteiger partial charge in [-0.3, -0.25) is 27.9 Å². The summed E-state index contributed by atoms with van der Waals surface area (Å²) < 4.78 is 46.9. The number of benzene rings is 1. The lowest BCUT2D eigenvalue weighted by molar-refractivity contribution is -0.938. The van der Waals surface area contributed by atoms with Gasteiger partial charge in [-0.2, -0.15) is 13.2 Å². The highest BCUT2D eigenvalue weighted by Gasteiger charge is 2.35. The first-order chi connectivity index (χ1) is 21.2. The van der Waals surface area contributed by atoms with Crippen molar-refractivity contribution in [3.05, 3.63) is 101 Å². The van der Waals surface area contributed by atoms with Crippen molar-refractivity contribution in [2.75, 3.05) is 19.6 Å². The lowest BCUT2D eigenvalue weighted by atomic mass is 10.0. The molecule has 0 bridgehead atoms. The van der Waals surface area contributed by atoms with Crippen molar-refractivity contribution in [3.63, 3.8) is 0 Å². The number of unbranched alkanes of at least 4 members (excludes halogenated alkanes) is 4. The van der Waals surface area contributed by atoms with Gasteiger partial charge in [0.2, 0.25) is 0 Å². The minimum atomic E-state index is -4.40. The quantitative estimate of drug-likeness (QED) is 0.170. The first-order valence-corrected chi connectivity index (χ1v) is 15.8. The van der Waals surface area contributed by atoms with E-state index in [-0.39, 0.29) is 29.0 Å². The molecule has 3 rings (SSSR count). The second-order valence-corrected chi connectivity index (χ2v) is 12.0. The van der Waals surface area contributed by atoms with Gasteiger partial charge in [-0.05, 0) is 72.3 Å². The van der Waals surface area contributed by atoms with E-state index in [4.69, 9.17) is 0 Å². The molecular formula is C33H47F3N5O4+. The number of nitrogens with zero attached hydrogens (tertiary/aromatic N) is 5. The Bertz CT molecular complexity index is 1680. The van der Waals surface area contributed by atoms with Gasteiger partial charge in [-0.1, -0.05) is 18.2 Å². The monoisotopic (exact) mass is 634 g/mol. The van der Waals surface area contributed by atoms with Gasteiger partial charge < -0.3 is 4.48 Å². The van der Waals surface area contributed by atoms with Crippen molar-refractivity contribution in [2.45, 2.75) is 98.6 Å². The Hall–Kier alpha value is -3.67. The molecule has 0 aliphatic heterocycles. The largest absolute Gasteiger partial charge is 0.416 e. The van der Waals surface area contributed by atoms with Crippen molar-refractivity contribution in [1.82, 2.24) is 18.3 Å². The number of alkyl halides is 3. The molecule has 0 saturated heterocycles. The Kier molecular flexibility index (Phi) is 12.4. The van der Waals surface area contributed by atoms with E-state index in [2.05, 4.69) is 0 Å². The van der Waals surface area contributed by atoms with Gasteiger partial charge in [0.15, 0.2) is 0 Å². The van der Waals surface area contributed by atoms with Crippen LogP contribution in [0.4, 0.5) is 13.2 Å². The molecule has 0 aliphatic rings. The fraction of sp³-hybridized carbons (Fsp3) is 0.576. The summed E-state index contributed by atoms with van der Waals surface area (Å²) in [5, 5.41) is 0. The van der Waals surface area contributed by atoms with Crippen LogP contribution in [-0.2, 0) is 39.4 Å². The second kappa shape index (κ2) is 15.6. The molecule has 45 heavy (non-hydrogen) atoms. The average molecular weight is 635 g/mol. The highest BCUT2D eigenvalue weighted by Crippen LogP contribution is 2.33. The number of hydrogen-bond donors (Lipinski definition) is 0. The molecule has 0 amide bonds. The van der Waals surface area contributed by atoms with E-state index in [0.717, 1.165) is 29.9 Å². The maximum atomic E-state index is 13.6. The van der Waals surface area contributed by atoms with Gasteiger partial charge in [-0.15, -0.1) is 0 Å². The molecule has 0 spiro atoms. The minimum absolute atomic E-state index is 0.280. The summed E-state index contributed by atoms with van der Waals surface area (Å²) in [7, 11) is 1.45. The third-order valence-corrected chi connectivity index (χ3v) is 9.04. The van der Waals surface area contributed by atoms with E-state index in [9.17, 15) is 32.3 Å². The smallest absolute Gasteiger partial charge is 0.320 e. The van der Waals surface area contributed by atoms with E-state index in [1.807, 2.05) is 13.8 Å². The molecule has 12 heteroatoms. The Morgan fingerprint density at radius 1 is 0.689 bits per heavy atom. The molecule has 0 unspecified atom stereocenters. The van der Waals surface area contributed by atoms with E-state index in [1.54, 1.807) is 35.1 Å². The summed E-state index contributed by atoms with van der Waals surface area (Å²) in [6.45, 7) is 11.1. The fourth-order valence-corrected chi connectivity index (χ4v) is 6.00. The molecular weight excluding hydrogens is 587 g/mol. The summed E-state index contributed by atoms with van der Waals surface area (Å²) in [6.07, 6.45) is -0.145. The van der Waals surface area contributed by atoms with Gasteiger partial charge in [0.25, 0.3) is 11.1 Å². The third-order valence-electron chi connectivity index (χ3n) is 9.04. The topological polar surface area (TPSA) is 88.0 Å². The molecule has 9 nitrogen and oxygen atoms in total. The number of hydrogen-bond acceptors (Lipinski definition) is 4. The predicted molar refractivity (Wildman–Crippen MR) is 169 cm³/mol. The van der Waals surface area contributed by atoms with Gasteiger partial charge >= 0.3 is 17.6 Å². The lowest BCUT2D eigenvalue weighted by Gasteiger charge is -2.37. The molecule has 0 aliphatic carbocycles. The first-order valence-electron chi connectivity index (χ1n) is 15.8. The van der Waals surface area contributed by atoms with Crippen LogP contribution in [0.3, 0.4) is 0 Å².